The second-order valence-corrected chi connectivity index (χ2v) is 13.4. The molecule has 0 spiro atoms. The van der Waals surface area contributed by atoms with Gasteiger partial charge in [-0.05, 0) is 80.0 Å². The number of rotatable bonds is 8. The van der Waals surface area contributed by atoms with Crippen LogP contribution in [0.25, 0.3) is 0 Å². The highest BCUT2D eigenvalue weighted by Gasteiger charge is 2.67. The van der Waals surface area contributed by atoms with Crippen LogP contribution in [-0.4, -0.2) is 42.4 Å². The van der Waals surface area contributed by atoms with Crippen molar-refractivity contribution in [3.8, 4) is 0 Å². The molecule has 4 saturated carbocycles. The molecule has 214 valence electrons. The second-order valence-electron chi connectivity index (χ2n) is 13.4. The fourth-order valence-electron chi connectivity index (χ4n) is 9.52. The SMILES string of the molecule is CCCNC(=O)CC[C@@H](C)[C@H]1CC[C@H]2[C@@H]3[C@H](OC(C)=O)C[C@@H]4CC(=O)CC[C@]4(C)[C@H]3C[C@H](OC(C)=O)[C@]12C. The number of hydrogen-bond acceptors (Lipinski definition) is 6. The van der Waals surface area contributed by atoms with Gasteiger partial charge < -0.3 is 14.8 Å². The zero-order chi connectivity index (χ0) is 27.8. The Balaban J connectivity index is 1.66. The molecule has 38 heavy (non-hydrogen) atoms. The minimum absolute atomic E-state index is 0.0317. The standard InChI is InChI=1S/C31H49NO6/c1-7-14-32-28(36)11-8-18(2)23-9-10-24-29-25(17-27(31(23,24)6)38-20(4)34)30(5)13-12-22(35)15-21(30)16-26(29)37-19(3)33/h18,21,23-27,29H,7-17H2,1-6H3,(H,32,36)/t18-,21+,23-,24+,25+,26-,27+,29+,30+,31-/m1/s1. The van der Waals surface area contributed by atoms with Gasteiger partial charge in [0.05, 0.1) is 0 Å². The van der Waals surface area contributed by atoms with Crippen LogP contribution in [-0.2, 0) is 28.7 Å². The molecule has 1 N–H and O–H groups in total. The lowest BCUT2D eigenvalue weighted by atomic mass is 9.43. The van der Waals surface area contributed by atoms with E-state index in [9.17, 15) is 19.2 Å². The van der Waals surface area contributed by atoms with Crippen LogP contribution in [0.4, 0.5) is 0 Å². The molecule has 0 aliphatic heterocycles. The van der Waals surface area contributed by atoms with E-state index in [4.69, 9.17) is 9.47 Å². The lowest BCUT2D eigenvalue weighted by Crippen LogP contribution is -2.63. The summed E-state index contributed by atoms with van der Waals surface area (Å²) in [5.41, 5.74) is -0.283. The predicted molar refractivity (Wildman–Crippen MR) is 144 cm³/mol. The quantitative estimate of drug-likeness (QED) is 0.430. The molecule has 0 heterocycles. The third-order valence-electron chi connectivity index (χ3n) is 11.3. The van der Waals surface area contributed by atoms with Crippen molar-refractivity contribution in [2.45, 2.75) is 118 Å². The molecule has 0 aromatic rings. The van der Waals surface area contributed by atoms with Crippen molar-refractivity contribution in [1.82, 2.24) is 5.32 Å². The number of nitrogens with one attached hydrogen (secondary N) is 1. The summed E-state index contributed by atoms with van der Waals surface area (Å²) in [6.45, 7) is 12.6. The molecule has 4 rings (SSSR count). The number of esters is 2. The summed E-state index contributed by atoms with van der Waals surface area (Å²) in [5.74, 6) is 1.38. The average Bonchev–Trinajstić information content (AvgIpc) is 3.20. The summed E-state index contributed by atoms with van der Waals surface area (Å²) in [5, 5.41) is 2.99. The number of ether oxygens (including phenoxy) is 2. The zero-order valence-corrected chi connectivity index (χ0v) is 24.3. The van der Waals surface area contributed by atoms with E-state index in [1.54, 1.807) is 0 Å². The van der Waals surface area contributed by atoms with E-state index in [0.29, 0.717) is 43.4 Å². The van der Waals surface area contributed by atoms with Crippen LogP contribution in [0.15, 0.2) is 0 Å². The summed E-state index contributed by atoms with van der Waals surface area (Å²) in [6, 6.07) is 0. The predicted octanol–water partition coefficient (Wildman–Crippen LogP) is 5.24. The van der Waals surface area contributed by atoms with Crippen molar-refractivity contribution in [3.05, 3.63) is 0 Å². The highest BCUT2D eigenvalue weighted by molar-refractivity contribution is 5.79. The highest BCUT2D eigenvalue weighted by atomic mass is 16.5. The zero-order valence-electron chi connectivity index (χ0n) is 24.3. The van der Waals surface area contributed by atoms with Gasteiger partial charge in [0.2, 0.25) is 5.91 Å². The number of hydrogen-bond donors (Lipinski definition) is 1. The van der Waals surface area contributed by atoms with Gasteiger partial charge >= 0.3 is 11.9 Å². The molecule has 1 amide bonds. The topological polar surface area (TPSA) is 98.8 Å². The molecule has 4 aliphatic rings. The van der Waals surface area contributed by atoms with Gasteiger partial charge in [-0.25, -0.2) is 0 Å². The van der Waals surface area contributed by atoms with Gasteiger partial charge in [-0.3, -0.25) is 19.2 Å². The third-order valence-corrected chi connectivity index (χ3v) is 11.3. The molecular weight excluding hydrogens is 482 g/mol. The van der Waals surface area contributed by atoms with E-state index in [0.717, 1.165) is 44.9 Å². The summed E-state index contributed by atoms with van der Waals surface area (Å²) < 4.78 is 12.2. The molecule has 4 fully saturated rings. The van der Waals surface area contributed by atoms with Gasteiger partial charge in [0.15, 0.2) is 0 Å². The largest absolute Gasteiger partial charge is 0.462 e. The van der Waals surface area contributed by atoms with E-state index in [2.05, 4.69) is 33.0 Å². The van der Waals surface area contributed by atoms with E-state index >= 15 is 0 Å². The van der Waals surface area contributed by atoms with Gasteiger partial charge in [0.25, 0.3) is 0 Å². The fraction of sp³-hybridized carbons (Fsp3) is 0.871. The lowest BCUT2D eigenvalue weighted by Gasteiger charge is -2.63. The molecule has 0 aromatic carbocycles. The molecule has 0 radical (unpaired) electrons. The van der Waals surface area contributed by atoms with Crippen LogP contribution in [0.1, 0.15) is 106 Å². The Labute approximate surface area is 228 Å². The minimum Gasteiger partial charge on any atom is -0.462 e. The first kappa shape index (κ1) is 29.1. The molecular formula is C31H49NO6. The molecule has 0 aromatic heterocycles. The van der Waals surface area contributed by atoms with E-state index in [1.165, 1.54) is 13.8 Å². The molecule has 0 unspecified atom stereocenters. The lowest BCUT2D eigenvalue weighted by molar-refractivity contribution is -0.219. The van der Waals surface area contributed by atoms with Gasteiger partial charge in [-0.1, -0.05) is 27.7 Å². The van der Waals surface area contributed by atoms with E-state index in [-0.39, 0.29) is 64.6 Å². The molecule has 7 nitrogen and oxygen atoms in total. The van der Waals surface area contributed by atoms with Crippen LogP contribution in [0.2, 0.25) is 0 Å². The number of carbonyl (C=O) groups excluding carboxylic acids is 4. The molecule has 7 heteroatoms. The molecule has 4 aliphatic carbocycles. The van der Waals surface area contributed by atoms with Crippen LogP contribution in [0.3, 0.4) is 0 Å². The van der Waals surface area contributed by atoms with Gasteiger partial charge in [0, 0.05) is 51.0 Å². The summed E-state index contributed by atoms with van der Waals surface area (Å²) >= 11 is 0. The maximum Gasteiger partial charge on any atom is 0.302 e. The number of carbonyl (C=O) groups is 4. The Kier molecular flexibility index (Phi) is 8.64. The second kappa shape index (κ2) is 11.3. The van der Waals surface area contributed by atoms with Crippen molar-refractivity contribution >= 4 is 23.6 Å². The van der Waals surface area contributed by atoms with E-state index in [1.807, 2.05) is 0 Å². The van der Waals surface area contributed by atoms with Crippen LogP contribution in [0.5, 0.6) is 0 Å². The Morgan fingerprint density at radius 3 is 2.42 bits per heavy atom. The average molecular weight is 532 g/mol. The summed E-state index contributed by atoms with van der Waals surface area (Å²) in [6.07, 6.45) is 7.33. The maximum atomic E-state index is 12.5. The van der Waals surface area contributed by atoms with Crippen LogP contribution < -0.4 is 5.32 Å². The number of Topliss-reactive ketones (excluding diaryl/α,β-unsaturated/α-hetero) is 1. The van der Waals surface area contributed by atoms with Crippen molar-refractivity contribution in [1.29, 1.82) is 0 Å². The van der Waals surface area contributed by atoms with Gasteiger partial charge in [0.1, 0.15) is 18.0 Å². The van der Waals surface area contributed by atoms with Crippen molar-refractivity contribution in [3.63, 3.8) is 0 Å². The first-order valence-corrected chi connectivity index (χ1v) is 15.0. The first-order chi connectivity index (χ1) is 17.9. The Hall–Kier alpha value is -1.92. The normalized spacial score (nSPS) is 40.8. The molecule has 10 atom stereocenters. The number of fused-ring (bicyclic) bond motifs is 5. The fourth-order valence-corrected chi connectivity index (χ4v) is 9.52. The smallest absolute Gasteiger partial charge is 0.302 e. The summed E-state index contributed by atoms with van der Waals surface area (Å²) in [7, 11) is 0. The van der Waals surface area contributed by atoms with Gasteiger partial charge in [-0.15, -0.1) is 0 Å². The van der Waals surface area contributed by atoms with Gasteiger partial charge in [-0.2, -0.15) is 0 Å². The van der Waals surface area contributed by atoms with Crippen molar-refractivity contribution < 1.29 is 28.7 Å². The minimum atomic E-state index is -0.260. The maximum absolute atomic E-state index is 12.5. The monoisotopic (exact) mass is 531 g/mol. The number of ketones is 1. The molecule has 0 saturated heterocycles. The Morgan fingerprint density at radius 1 is 1.05 bits per heavy atom. The molecule has 0 bridgehead atoms. The Morgan fingerprint density at radius 2 is 1.76 bits per heavy atom. The third kappa shape index (κ3) is 5.28. The Bertz CT molecular complexity index is 933. The van der Waals surface area contributed by atoms with Crippen LogP contribution >= 0.6 is 0 Å². The highest BCUT2D eigenvalue weighted by Crippen LogP contribution is 2.69. The first-order valence-electron chi connectivity index (χ1n) is 15.0. The van der Waals surface area contributed by atoms with Crippen molar-refractivity contribution in [2.75, 3.05) is 6.54 Å². The van der Waals surface area contributed by atoms with E-state index < -0.39 is 0 Å². The summed E-state index contributed by atoms with van der Waals surface area (Å²) in [4.78, 5) is 49.5. The number of amides is 1. The van der Waals surface area contributed by atoms with Crippen molar-refractivity contribution in [2.24, 2.45) is 46.3 Å². The van der Waals surface area contributed by atoms with Crippen LogP contribution in [0, 0.1) is 46.3 Å².